The van der Waals surface area contributed by atoms with Crippen molar-refractivity contribution >= 4 is 16.7 Å². The second-order valence-corrected chi connectivity index (χ2v) is 3.39. The number of H-pyrrole nitrogens is 1. The molecule has 72 valence electrons. The fourth-order valence-electron chi connectivity index (χ4n) is 0.721. The summed E-state index contributed by atoms with van der Waals surface area (Å²) in [6, 6.07) is 0. The van der Waals surface area contributed by atoms with Gasteiger partial charge in [0.15, 0.2) is 5.82 Å². The third kappa shape index (κ3) is 2.25. The maximum absolute atomic E-state index is 12.4. The molecule has 0 saturated carbocycles. The molecule has 0 fully saturated rings. The molecule has 0 radical (unpaired) electrons. The van der Waals surface area contributed by atoms with Gasteiger partial charge < -0.3 is 9.72 Å². The number of hydrogen-bond donors (Lipinski definition) is 1. The molecule has 1 atom stereocenters. The largest absolute Gasteiger partial charge is 0.437 e. The molecular formula is C5H5FN2O4S. The minimum absolute atomic E-state index is 0.162. The summed E-state index contributed by atoms with van der Waals surface area (Å²) in [7, 11) is -5.00. The van der Waals surface area contributed by atoms with Crippen LogP contribution in [0.4, 0.5) is 3.89 Å². The zero-order valence-corrected chi connectivity index (χ0v) is 6.99. The quantitative estimate of drug-likeness (QED) is 0.550. The maximum atomic E-state index is 12.4. The Labute approximate surface area is 73.0 Å². The van der Waals surface area contributed by atoms with Crippen molar-refractivity contribution in [1.29, 1.82) is 0 Å². The number of halogens is 1. The average Bonchev–Trinajstić information content (AvgIpc) is 2.49. The van der Waals surface area contributed by atoms with Gasteiger partial charge in [0.25, 0.3) is 11.9 Å². The third-order valence-corrected chi connectivity index (χ3v) is 2.02. The van der Waals surface area contributed by atoms with Gasteiger partial charge in [0.1, 0.15) is 0 Å². The Morgan fingerprint density at radius 3 is 2.77 bits per heavy atom. The van der Waals surface area contributed by atoms with Crippen molar-refractivity contribution in [3.05, 3.63) is 18.2 Å². The topological polar surface area (TPSA) is 89.1 Å². The molecule has 1 aromatic rings. The second-order valence-electron chi connectivity index (χ2n) is 2.01. The van der Waals surface area contributed by atoms with Crippen LogP contribution in [0.2, 0.25) is 0 Å². The van der Waals surface area contributed by atoms with Crippen LogP contribution in [-0.2, 0) is 19.8 Å². The molecule has 0 aromatic carbocycles. The van der Waals surface area contributed by atoms with E-state index >= 15 is 0 Å². The molecule has 6 nitrogen and oxygen atoms in total. The van der Waals surface area contributed by atoms with E-state index < -0.39 is 15.7 Å². The van der Waals surface area contributed by atoms with Gasteiger partial charge in [0.2, 0.25) is 0 Å². The predicted octanol–water partition coefficient (Wildman–Crippen LogP) is -0.119. The van der Waals surface area contributed by atoms with Gasteiger partial charge >= 0.3 is 10.2 Å². The molecule has 1 aromatic heterocycles. The molecule has 0 aliphatic rings. The van der Waals surface area contributed by atoms with Crippen molar-refractivity contribution in [2.75, 3.05) is 0 Å². The Kier molecular flexibility index (Phi) is 2.61. The Balaban J connectivity index is 3.00. The molecular weight excluding hydrogens is 203 g/mol. The van der Waals surface area contributed by atoms with Gasteiger partial charge in [-0.05, 0) is 0 Å². The highest BCUT2D eigenvalue weighted by Crippen LogP contribution is 2.20. The highest BCUT2D eigenvalue weighted by molar-refractivity contribution is 7.86. The highest BCUT2D eigenvalue weighted by atomic mass is 32.3. The molecule has 0 bridgehead atoms. The van der Waals surface area contributed by atoms with E-state index in [1.54, 1.807) is 0 Å². The minimum atomic E-state index is -5.00. The van der Waals surface area contributed by atoms with Gasteiger partial charge in [0.05, 0.1) is 0 Å². The number of ether oxygens (including phenoxy) is 1. The van der Waals surface area contributed by atoms with Crippen LogP contribution >= 0.6 is 0 Å². The Morgan fingerprint density at radius 1 is 1.69 bits per heavy atom. The minimum Gasteiger partial charge on any atom is -0.437 e. The summed E-state index contributed by atoms with van der Waals surface area (Å²) >= 11 is 0. The van der Waals surface area contributed by atoms with E-state index in [9.17, 15) is 17.1 Å². The van der Waals surface area contributed by atoms with E-state index in [1.807, 2.05) is 0 Å². The van der Waals surface area contributed by atoms with E-state index in [0.717, 1.165) is 0 Å². The fourth-order valence-corrected chi connectivity index (χ4v) is 1.29. The number of aromatic nitrogens is 2. The number of carbonyl (C=O) groups excluding carboxylic acids is 1. The van der Waals surface area contributed by atoms with Gasteiger partial charge in [-0.15, -0.1) is 3.89 Å². The van der Waals surface area contributed by atoms with Gasteiger partial charge in [-0.3, -0.25) is 4.79 Å². The van der Waals surface area contributed by atoms with E-state index in [1.165, 1.54) is 12.4 Å². The third-order valence-electron chi connectivity index (χ3n) is 1.18. The summed E-state index contributed by atoms with van der Waals surface area (Å²) in [6.45, 7) is -0.162. The number of rotatable bonds is 4. The SMILES string of the molecule is O=COC(c1ncc[nH]1)S(=O)(=O)F. The van der Waals surface area contributed by atoms with E-state index in [-0.39, 0.29) is 12.3 Å². The lowest BCUT2D eigenvalue weighted by molar-refractivity contribution is -0.130. The number of hydrogen-bond acceptors (Lipinski definition) is 5. The van der Waals surface area contributed by atoms with Crippen LogP contribution in [0.3, 0.4) is 0 Å². The Morgan fingerprint density at radius 2 is 2.38 bits per heavy atom. The van der Waals surface area contributed by atoms with Crippen molar-refractivity contribution in [2.24, 2.45) is 0 Å². The first kappa shape index (κ1) is 9.65. The van der Waals surface area contributed by atoms with Crippen LogP contribution in [0.15, 0.2) is 12.4 Å². The summed E-state index contributed by atoms with van der Waals surface area (Å²) in [5.74, 6) is -0.283. The van der Waals surface area contributed by atoms with E-state index in [4.69, 9.17) is 0 Å². The van der Waals surface area contributed by atoms with Crippen molar-refractivity contribution in [2.45, 2.75) is 5.44 Å². The van der Waals surface area contributed by atoms with Crippen molar-refractivity contribution < 1.29 is 21.8 Å². The molecule has 0 spiro atoms. The number of nitrogens with one attached hydrogen (secondary N) is 1. The summed E-state index contributed by atoms with van der Waals surface area (Å²) in [5.41, 5.74) is -2.01. The second kappa shape index (κ2) is 3.52. The van der Waals surface area contributed by atoms with Crippen LogP contribution in [0.25, 0.3) is 0 Å². The van der Waals surface area contributed by atoms with Crippen molar-refractivity contribution in [3.8, 4) is 0 Å². The zero-order chi connectivity index (χ0) is 9.90. The smallest absolute Gasteiger partial charge is 0.348 e. The Hall–Kier alpha value is -1.44. The zero-order valence-electron chi connectivity index (χ0n) is 6.18. The normalized spacial score (nSPS) is 13.6. The molecule has 0 aliphatic heterocycles. The lowest BCUT2D eigenvalue weighted by Crippen LogP contribution is -2.13. The van der Waals surface area contributed by atoms with E-state index in [0.29, 0.717) is 0 Å². The maximum Gasteiger partial charge on any atom is 0.348 e. The summed E-state index contributed by atoms with van der Waals surface area (Å²) < 4.78 is 37.3. The molecule has 8 heteroatoms. The van der Waals surface area contributed by atoms with Gasteiger partial charge in [-0.25, -0.2) is 4.98 Å². The molecule has 0 aliphatic carbocycles. The van der Waals surface area contributed by atoms with Crippen LogP contribution in [0.5, 0.6) is 0 Å². The molecule has 13 heavy (non-hydrogen) atoms. The first-order chi connectivity index (χ1) is 6.05. The lowest BCUT2D eigenvalue weighted by Gasteiger charge is -2.06. The number of carbonyl (C=O) groups is 1. The van der Waals surface area contributed by atoms with Crippen molar-refractivity contribution in [3.63, 3.8) is 0 Å². The summed E-state index contributed by atoms with van der Waals surface area (Å²) in [4.78, 5) is 15.6. The molecule has 0 saturated heterocycles. The molecule has 1 rings (SSSR count). The van der Waals surface area contributed by atoms with Gasteiger partial charge in [-0.2, -0.15) is 8.42 Å². The Bertz CT molecular complexity index is 373. The summed E-state index contributed by atoms with van der Waals surface area (Å²) in [5, 5.41) is 0. The standard InChI is InChI=1S/C5H5FN2O4S/c6-13(10,11)5(12-3-9)4-7-1-2-8-4/h1-3,5H,(H,7,8). The summed E-state index contributed by atoms with van der Waals surface area (Å²) in [6.07, 6.45) is 2.49. The van der Waals surface area contributed by atoms with Crippen LogP contribution in [-0.4, -0.2) is 24.9 Å². The lowest BCUT2D eigenvalue weighted by atomic mass is 10.7. The fraction of sp³-hybridized carbons (Fsp3) is 0.200. The molecule has 1 unspecified atom stereocenters. The number of imidazole rings is 1. The average molecular weight is 208 g/mol. The first-order valence-electron chi connectivity index (χ1n) is 3.07. The number of nitrogens with zero attached hydrogens (tertiary/aromatic N) is 1. The number of aromatic amines is 1. The van der Waals surface area contributed by atoms with Crippen LogP contribution < -0.4 is 0 Å². The monoisotopic (exact) mass is 208 g/mol. The predicted molar refractivity (Wildman–Crippen MR) is 38.5 cm³/mol. The van der Waals surface area contributed by atoms with Crippen LogP contribution in [0, 0.1) is 0 Å². The van der Waals surface area contributed by atoms with Crippen LogP contribution in [0.1, 0.15) is 11.3 Å². The van der Waals surface area contributed by atoms with Gasteiger partial charge in [-0.1, -0.05) is 0 Å². The van der Waals surface area contributed by atoms with E-state index in [2.05, 4.69) is 14.7 Å². The molecule has 0 amide bonds. The van der Waals surface area contributed by atoms with Gasteiger partial charge in [0, 0.05) is 12.4 Å². The highest BCUT2D eigenvalue weighted by Gasteiger charge is 2.30. The first-order valence-corrected chi connectivity index (χ1v) is 4.52. The molecule has 1 heterocycles. The van der Waals surface area contributed by atoms with Crippen molar-refractivity contribution in [1.82, 2.24) is 9.97 Å². The molecule has 1 N–H and O–H groups in total.